The minimum Gasteiger partial charge on any atom is -0.352 e. The number of nitrogens with one attached hydrogen (secondary N) is 2. The zero-order chi connectivity index (χ0) is 18.6. The van der Waals surface area contributed by atoms with Crippen LogP contribution in [0.2, 0.25) is 0 Å². The molecule has 0 aliphatic rings. The van der Waals surface area contributed by atoms with Gasteiger partial charge >= 0.3 is 0 Å². The lowest BCUT2D eigenvalue weighted by Gasteiger charge is -2.05. The van der Waals surface area contributed by atoms with E-state index in [1.165, 1.54) is 0 Å². The maximum absolute atomic E-state index is 11.8. The number of unbranched alkanes of at least 4 members (excludes halogenated alkanes) is 2. The van der Waals surface area contributed by atoms with E-state index in [0.717, 1.165) is 29.3 Å². The Morgan fingerprint density at radius 3 is 2.42 bits per heavy atom. The molecule has 0 atom stereocenters. The monoisotopic (exact) mass is 415 g/mol. The molecule has 0 spiro atoms. The van der Waals surface area contributed by atoms with Crippen molar-refractivity contribution in [2.45, 2.75) is 25.7 Å². The lowest BCUT2D eigenvalue weighted by atomic mass is 10.2. The van der Waals surface area contributed by atoms with Gasteiger partial charge in [-0.2, -0.15) is 5.10 Å². The Balaban J connectivity index is 1.53. The number of benzene rings is 2. The van der Waals surface area contributed by atoms with Gasteiger partial charge in [-0.1, -0.05) is 52.7 Å². The normalized spacial score (nSPS) is 10.7. The number of hydrogen-bond acceptors (Lipinski definition) is 3. The molecule has 0 aromatic heterocycles. The molecule has 0 radical (unpaired) electrons. The Morgan fingerprint density at radius 1 is 0.962 bits per heavy atom. The molecule has 2 N–H and O–H groups in total. The van der Waals surface area contributed by atoms with Gasteiger partial charge in [0.25, 0.3) is 5.91 Å². The number of rotatable bonds is 9. The molecule has 0 fully saturated rings. The minimum absolute atomic E-state index is 0.0642. The summed E-state index contributed by atoms with van der Waals surface area (Å²) in [6.45, 7) is 0.608. The summed E-state index contributed by atoms with van der Waals surface area (Å²) in [5, 5.41) is 6.82. The van der Waals surface area contributed by atoms with Crippen LogP contribution in [0.1, 0.15) is 41.6 Å². The molecule has 0 unspecified atom stereocenters. The Morgan fingerprint density at radius 2 is 1.69 bits per heavy atom. The van der Waals surface area contributed by atoms with Crippen molar-refractivity contribution >= 4 is 34.0 Å². The van der Waals surface area contributed by atoms with Crippen LogP contribution in [0.15, 0.2) is 64.2 Å². The highest BCUT2D eigenvalue weighted by molar-refractivity contribution is 9.10. The first-order chi connectivity index (χ1) is 12.6. The van der Waals surface area contributed by atoms with Crippen molar-refractivity contribution in [3.63, 3.8) is 0 Å². The van der Waals surface area contributed by atoms with Crippen molar-refractivity contribution in [3.05, 3.63) is 70.2 Å². The fourth-order valence-electron chi connectivity index (χ4n) is 2.26. The molecule has 0 aliphatic heterocycles. The molecule has 2 aromatic rings. The van der Waals surface area contributed by atoms with Crippen LogP contribution in [0.5, 0.6) is 0 Å². The van der Waals surface area contributed by atoms with E-state index >= 15 is 0 Å². The summed E-state index contributed by atoms with van der Waals surface area (Å²) >= 11 is 3.37. The van der Waals surface area contributed by atoms with Crippen LogP contribution in [0, 0.1) is 0 Å². The number of halogens is 1. The quantitative estimate of drug-likeness (QED) is 0.370. The van der Waals surface area contributed by atoms with Gasteiger partial charge in [0.15, 0.2) is 0 Å². The predicted molar refractivity (Wildman–Crippen MR) is 107 cm³/mol. The van der Waals surface area contributed by atoms with E-state index < -0.39 is 0 Å². The highest BCUT2D eigenvalue weighted by Crippen LogP contribution is 2.09. The number of amides is 2. The molecule has 0 bridgehead atoms. The van der Waals surface area contributed by atoms with E-state index in [2.05, 4.69) is 31.8 Å². The summed E-state index contributed by atoms with van der Waals surface area (Å²) in [5.74, 6) is -0.169. The van der Waals surface area contributed by atoms with E-state index in [-0.39, 0.29) is 11.8 Å². The Hall–Kier alpha value is -2.47. The van der Waals surface area contributed by atoms with Gasteiger partial charge in [-0.25, -0.2) is 5.43 Å². The summed E-state index contributed by atoms with van der Waals surface area (Å²) in [6.07, 6.45) is 4.52. The van der Waals surface area contributed by atoms with Gasteiger partial charge in [-0.05, 0) is 42.7 Å². The van der Waals surface area contributed by atoms with E-state index in [9.17, 15) is 9.59 Å². The van der Waals surface area contributed by atoms with Crippen molar-refractivity contribution in [1.29, 1.82) is 0 Å². The van der Waals surface area contributed by atoms with Crippen molar-refractivity contribution in [2.75, 3.05) is 6.54 Å². The highest BCUT2D eigenvalue weighted by atomic mass is 79.9. The molecule has 6 heteroatoms. The van der Waals surface area contributed by atoms with Crippen molar-refractivity contribution < 1.29 is 9.59 Å². The third-order valence-electron chi connectivity index (χ3n) is 3.68. The van der Waals surface area contributed by atoms with E-state index in [1.54, 1.807) is 18.3 Å². The number of hydrogen-bond donors (Lipinski definition) is 2. The van der Waals surface area contributed by atoms with Crippen molar-refractivity contribution in [2.24, 2.45) is 5.10 Å². The lowest BCUT2D eigenvalue weighted by Crippen LogP contribution is -2.24. The third kappa shape index (κ3) is 7.61. The molecule has 136 valence electrons. The molecule has 2 amide bonds. The maximum atomic E-state index is 11.8. The molecular weight excluding hydrogens is 394 g/mol. The second kappa shape index (κ2) is 11.2. The SMILES string of the molecule is O=C(CCCCCNC(=O)c1ccccc1)NN=Cc1ccc(Br)cc1. The molecule has 0 saturated carbocycles. The number of nitrogens with zero attached hydrogens (tertiary/aromatic N) is 1. The van der Waals surface area contributed by atoms with Crippen molar-refractivity contribution in [3.8, 4) is 0 Å². The van der Waals surface area contributed by atoms with Gasteiger partial charge in [-0.15, -0.1) is 0 Å². The first kappa shape index (κ1) is 19.8. The zero-order valence-electron chi connectivity index (χ0n) is 14.5. The second-order valence-electron chi connectivity index (χ2n) is 5.78. The summed E-state index contributed by atoms with van der Waals surface area (Å²) in [7, 11) is 0. The average molecular weight is 416 g/mol. The average Bonchev–Trinajstić information content (AvgIpc) is 2.66. The first-order valence-corrected chi connectivity index (χ1v) is 9.35. The summed E-state index contributed by atoms with van der Waals surface area (Å²) in [5.41, 5.74) is 4.11. The predicted octanol–water partition coefficient (Wildman–Crippen LogP) is 3.89. The number of carbonyl (C=O) groups excluding carboxylic acids is 2. The highest BCUT2D eigenvalue weighted by Gasteiger charge is 2.03. The Bertz CT molecular complexity index is 730. The van der Waals surface area contributed by atoms with Crippen LogP contribution in [0.3, 0.4) is 0 Å². The topological polar surface area (TPSA) is 70.6 Å². The van der Waals surface area contributed by atoms with Gasteiger partial charge in [0.05, 0.1) is 6.21 Å². The molecule has 0 aliphatic carbocycles. The van der Waals surface area contributed by atoms with Gasteiger partial charge in [0.2, 0.25) is 5.91 Å². The van der Waals surface area contributed by atoms with E-state index in [4.69, 9.17) is 0 Å². The zero-order valence-corrected chi connectivity index (χ0v) is 16.0. The van der Waals surface area contributed by atoms with Gasteiger partial charge < -0.3 is 5.32 Å². The summed E-state index contributed by atoms with van der Waals surface area (Å²) in [6, 6.07) is 16.8. The molecule has 2 aromatic carbocycles. The molecular formula is C20H22BrN3O2. The summed E-state index contributed by atoms with van der Waals surface area (Å²) in [4.78, 5) is 23.6. The fourth-order valence-corrected chi connectivity index (χ4v) is 2.53. The van der Waals surface area contributed by atoms with E-state index in [1.807, 2.05) is 42.5 Å². The van der Waals surface area contributed by atoms with Crippen molar-refractivity contribution in [1.82, 2.24) is 10.7 Å². The smallest absolute Gasteiger partial charge is 0.251 e. The van der Waals surface area contributed by atoms with Gasteiger partial charge in [0, 0.05) is 23.0 Å². The van der Waals surface area contributed by atoms with Crippen LogP contribution in [0.25, 0.3) is 0 Å². The Labute approximate surface area is 162 Å². The summed E-state index contributed by atoms with van der Waals surface area (Å²) < 4.78 is 0.999. The first-order valence-electron chi connectivity index (χ1n) is 8.56. The van der Waals surface area contributed by atoms with Gasteiger partial charge in [-0.3, -0.25) is 9.59 Å². The minimum atomic E-state index is -0.105. The Kier molecular flexibility index (Phi) is 8.55. The van der Waals surface area contributed by atoms with Crippen LogP contribution in [-0.4, -0.2) is 24.6 Å². The van der Waals surface area contributed by atoms with Crippen LogP contribution >= 0.6 is 15.9 Å². The largest absolute Gasteiger partial charge is 0.352 e. The lowest BCUT2D eigenvalue weighted by molar-refractivity contribution is -0.121. The molecule has 0 saturated heterocycles. The molecule has 2 rings (SSSR count). The van der Waals surface area contributed by atoms with E-state index in [0.29, 0.717) is 18.5 Å². The fraction of sp³-hybridized carbons (Fsp3) is 0.250. The standard InChI is InChI=1S/C20H22BrN3O2/c21-18-12-10-16(11-13-18)15-23-24-19(25)9-5-2-6-14-22-20(26)17-7-3-1-4-8-17/h1,3-4,7-8,10-13,15H,2,5-6,9,14H2,(H,22,26)(H,24,25). The van der Waals surface area contributed by atoms with Gasteiger partial charge in [0.1, 0.15) is 0 Å². The number of hydrazone groups is 1. The number of carbonyl (C=O) groups is 2. The molecule has 26 heavy (non-hydrogen) atoms. The third-order valence-corrected chi connectivity index (χ3v) is 4.20. The molecule has 0 heterocycles. The maximum Gasteiger partial charge on any atom is 0.251 e. The van der Waals surface area contributed by atoms with Crippen LogP contribution in [-0.2, 0) is 4.79 Å². The van der Waals surface area contributed by atoms with Crippen LogP contribution < -0.4 is 10.7 Å². The molecule has 5 nitrogen and oxygen atoms in total. The second-order valence-corrected chi connectivity index (χ2v) is 6.69. The van der Waals surface area contributed by atoms with Crippen LogP contribution in [0.4, 0.5) is 0 Å².